The van der Waals surface area contributed by atoms with Crippen LogP contribution >= 0.6 is 0 Å². The van der Waals surface area contributed by atoms with Crippen molar-refractivity contribution in [2.75, 3.05) is 5.73 Å². The normalized spacial score (nSPS) is 10.3. The van der Waals surface area contributed by atoms with Gasteiger partial charge in [0.25, 0.3) is 0 Å². The van der Waals surface area contributed by atoms with Gasteiger partial charge >= 0.3 is 0 Å². The van der Waals surface area contributed by atoms with Crippen LogP contribution in [0.3, 0.4) is 0 Å². The van der Waals surface area contributed by atoms with Crippen LogP contribution in [0.25, 0.3) is 11.3 Å². The van der Waals surface area contributed by atoms with Gasteiger partial charge in [0.05, 0.1) is 0 Å². The lowest BCUT2D eigenvalue weighted by molar-refractivity contribution is 1.21. The Morgan fingerprint density at radius 1 is 1.00 bits per heavy atom. The zero-order valence-corrected chi connectivity index (χ0v) is 8.86. The molecule has 0 saturated heterocycles. The maximum Gasteiger partial charge on any atom is 0.149 e. The van der Waals surface area contributed by atoms with Crippen molar-refractivity contribution in [3.05, 3.63) is 41.7 Å². The molecule has 76 valence electrons. The van der Waals surface area contributed by atoms with Crippen molar-refractivity contribution in [2.45, 2.75) is 13.8 Å². The lowest BCUT2D eigenvalue weighted by Crippen LogP contribution is -1.96. The number of aromatic nitrogens is 2. The fraction of sp³-hybridized carbons (Fsp3) is 0.167. The molecule has 0 unspecified atom stereocenters. The molecule has 0 radical (unpaired) electrons. The first-order valence-corrected chi connectivity index (χ1v) is 4.82. The summed E-state index contributed by atoms with van der Waals surface area (Å²) < 4.78 is 0. The van der Waals surface area contributed by atoms with Crippen LogP contribution < -0.4 is 5.73 Å². The quantitative estimate of drug-likeness (QED) is 0.767. The Bertz CT molecular complexity index is 492. The summed E-state index contributed by atoms with van der Waals surface area (Å²) in [6, 6.07) is 6.16. The van der Waals surface area contributed by atoms with Gasteiger partial charge in [0, 0.05) is 18.0 Å². The van der Waals surface area contributed by atoms with E-state index in [-0.39, 0.29) is 0 Å². The highest BCUT2D eigenvalue weighted by molar-refractivity contribution is 5.70. The van der Waals surface area contributed by atoms with Crippen LogP contribution in [0.2, 0.25) is 0 Å². The summed E-state index contributed by atoms with van der Waals surface area (Å²) in [6.07, 6.45) is 3.25. The SMILES string of the molecule is Cc1ccc(-c2nccnc2N)cc1C. The molecule has 0 bridgehead atoms. The van der Waals surface area contributed by atoms with Gasteiger partial charge in [0.2, 0.25) is 0 Å². The molecule has 0 atom stereocenters. The number of hydrogen-bond acceptors (Lipinski definition) is 3. The van der Waals surface area contributed by atoms with E-state index in [1.165, 1.54) is 11.1 Å². The topological polar surface area (TPSA) is 51.8 Å². The average Bonchev–Trinajstić information content (AvgIpc) is 2.23. The highest BCUT2D eigenvalue weighted by atomic mass is 14.9. The molecule has 1 aromatic carbocycles. The van der Waals surface area contributed by atoms with Crippen LogP contribution in [0, 0.1) is 13.8 Å². The van der Waals surface area contributed by atoms with E-state index in [0.29, 0.717) is 5.82 Å². The van der Waals surface area contributed by atoms with Crippen LogP contribution in [0.4, 0.5) is 5.82 Å². The van der Waals surface area contributed by atoms with Gasteiger partial charge in [0.1, 0.15) is 11.5 Å². The third-order valence-electron chi connectivity index (χ3n) is 2.51. The van der Waals surface area contributed by atoms with Crippen LogP contribution in [-0.4, -0.2) is 9.97 Å². The third kappa shape index (κ3) is 1.81. The maximum absolute atomic E-state index is 5.77. The van der Waals surface area contributed by atoms with Gasteiger partial charge in [-0.25, -0.2) is 4.98 Å². The summed E-state index contributed by atoms with van der Waals surface area (Å²) in [5, 5.41) is 0. The van der Waals surface area contributed by atoms with Crippen molar-refractivity contribution in [1.82, 2.24) is 9.97 Å². The molecule has 0 fully saturated rings. The number of nitrogens with zero attached hydrogens (tertiary/aromatic N) is 2. The third-order valence-corrected chi connectivity index (χ3v) is 2.51. The largest absolute Gasteiger partial charge is 0.382 e. The molecule has 0 aliphatic heterocycles. The molecule has 2 rings (SSSR count). The molecule has 3 heteroatoms. The Labute approximate surface area is 89.0 Å². The van der Waals surface area contributed by atoms with E-state index in [0.717, 1.165) is 11.3 Å². The second kappa shape index (κ2) is 3.69. The van der Waals surface area contributed by atoms with Crippen molar-refractivity contribution in [3.8, 4) is 11.3 Å². The summed E-state index contributed by atoms with van der Waals surface area (Å²) in [6.45, 7) is 4.16. The summed E-state index contributed by atoms with van der Waals surface area (Å²) >= 11 is 0. The van der Waals surface area contributed by atoms with E-state index in [9.17, 15) is 0 Å². The summed E-state index contributed by atoms with van der Waals surface area (Å²) in [4.78, 5) is 8.25. The zero-order valence-electron chi connectivity index (χ0n) is 8.86. The Morgan fingerprint density at radius 2 is 1.73 bits per heavy atom. The summed E-state index contributed by atoms with van der Waals surface area (Å²) in [5.41, 5.74) is 10.0. The molecular weight excluding hydrogens is 186 g/mol. The smallest absolute Gasteiger partial charge is 0.149 e. The van der Waals surface area contributed by atoms with E-state index in [2.05, 4.69) is 35.9 Å². The second-order valence-corrected chi connectivity index (χ2v) is 3.59. The monoisotopic (exact) mass is 199 g/mol. The van der Waals surface area contributed by atoms with E-state index in [4.69, 9.17) is 5.73 Å². The van der Waals surface area contributed by atoms with Gasteiger partial charge in [-0.1, -0.05) is 12.1 Å². The highest BCUT2D eigenvalue weighted by Crippen LogP contribution is 2.23. The molecule has 0 amide bonds. The maximum atomic E-state index is 5.77. The minimum absolute atomic E-state index is 0.473. The Kier molecular flexibility index (Phi) is 2.37. The molecule has 2 N–H and O–H groups in total. The number of nitrogen functional groups attached to an aromatic ring is 1. The van der Waals surface area contributed by atoms with E-state index < -0.39 is 0 Å². The van der Waals surface area contributed by atoms with Gasteiger partial charge in [-0.15, -0.1) is 0 Å². The molecule has 3 nitrogen and oxygen atoms in total. The molecule has 0 aliphatic rings. The number of benzene rings is 1. The van der Waals surface area contributed by atoms with Crippen molar-refractivity contribution in [1.29, 1.82) is 0 Å². The van der Waals surface area contributed by atoms with Crippen LogP contribution in [-0.2, 0) is 0 Å². The molecule has 15 heavy (non-hydrogen) atoms. The summed E-state index contributed by atoms with van der Waals surface area (Å²) in [7, 11) is 0. The van der Waals surface area contributed by atoms with Crippen molar-refractivity contribution in [3.63, 3.8) is 0 Å². The minimum Gasteiger partial charge on any atom is -0.382 e. The second-order valence-electron chi connectivity index (χ2n) is 3.59. The first-order chi connectivity index (χ1) is 7.18. The lowest BCUT2D eigenvalue weighted by atomic mass is 10.0. The number of rotatable bonds is 1. The Morgan fingerprint density at radius 3 is 2.40 bits per heavy atom. The van der Waals surface area contributed by atoms with E-state index >= 15 is 0 Å². The minimum atomic E-state index is 0.473. The molecule has 0 saturated carbocycles. The van der Waals surface area contributed by atoms with Gasteiger partial charge in [0.15, 0.2) is 0 Å². The lowest BCUT2D eigenvalue weighted by Gasteiger charge is -2.06. The first kappa shape index (κ1) is 9.65. The standard InChI is InChI=1S/C12H13N3/c1-8-3-4-10(7-9(8)2)11-12(13)15-6-5-14-11/h3-7H,1-2H3,(H2,13,15). The number of anilines is 1. The molecule has 1 aromatic heterocycles. The Hall–Kier alpha value is -1.90. The van der Waals surface area contributed by atoms with Gasteiger partial charge in [-0.05, 0) is 31.0 Å². The number of nitrogens with two attached hydrogens (primary N) is 1. The van der Waals surface area contributed by atoms with Gasteiger partial charge in [-0.3, -0.25) is 4.98 Å². The molecule has 0 spiro atoms. The van der Waals surface area contributed by atoms with Crippen molar-refractivity contribution < 1.29 is 0 Å². The summed E-state index contributed by atoms with van der Waals surface area (Å²) in [5.74, 6) is 0.473. The molecule has 0 aliphatic carbocycles. The van der Waals surface area contributed by atoms with Crippen molar-refractivity contribution >= 4 is 5.82 Å². The highest BCUT2D eigenvalue weighted by Gasteiger charge is 2.05. The number of aryl methyl sites for hydroxylation is 2. The number of hydrogen-bond donors (Lipinski definition) is 1. The van der Waals surface area contributed by atoms with Crippen LogP contribution in [0.15, 0.2) is 30.6 Å². The van der Waals surface area contributed by atoms with Crippen molar-refractivity contribution in [2.24, 2.45) is 0 Å². The van der Waals surface area contributed by atoms with E-state index in [1.54, 1.807) is 12.4 Å². The molecule has 2 aromatic rings. The first-order valence-electron chi connectivity index (χ1n) is 4.82. The van der Waals surface area contributed by atoms with Crippen LogP contribution in [0.1, 0.15) is 11.1 Å². The predicted molar refractivity (Wildman–Crippen MR) is 61.4 cm³/mol. The molecule has 1 heterocycles. The predicted octanol–water partition coefficient (Wildman–Crippen LogP) is 2.34. The average molecular weight is 199 g/mol. The fourth-order valence-corrected chi connectivity index (χ4v) is 1.46. The fourth-order valence-electron chi connectivity index (χ4n) is 1.46. The Balaban J connectivity index is 2.55. The van der Waals surface area contributed by atoms with Gasteiger partial charge < -0.3 is 5.73 Å². The van der Waals surface area contributed by atoms with Gasteiger partial charge in [-0.2, -0.15) is 0 Å². The van der Waals surface area contributed by atoms with Crippen LogP contribution in [0.5, 0.6) is 0 Å². The van der Waals surface area contributed by atoms with E-state index in [1.807, 2.05) is 6.07 Å². The zero-order chi connectivity index (χ0) is 10.8. The molecular formula is C12H13N3.